The Kier molecular flexibility index (Phi) is 3.03. The highest BCUT2D eigenvalue weighted by Gasteiger charge is 2.40. The van der Waals surface area contributed by atoms with Gasteiger partial charge in [0.15, 0.2) is 0 Å². The molecule has 0 unspecified atom stereocenters. The molecule has 0 saturated heterocycles. The number of methoxy groups -OCH3 is 1. The molecular weight excluding hydrogens is 160 g/mol. The fourth-order valence-electron chi connectivity index (χ4n) is 1.58. The lowest BCUT2D eigenvalue weighted by Crippen LogP contribution is -2.62. The molecule has 12 heavy (non-hydrogen) atoms. The Labute approximate surface area is 71.3 Å². The third kappa shape index (κ3) is 1.60. The Morgan fingerprint density at radius 1 is 1.33 bits per heavy atom. The lowest BCUT2D eigenvalue weighted by Gasteiger charge is -2.39. The van der Waals surface area contributed by atoms with Crippen molar-refractivity contribution in [3.63, 3.8) is 0 Å². The summed E-state index contributed by atoms with van der Waals surface area (Å²) >= 11 is 0. The van der Waals surface area contributed by atoms with Crippen molar-refractivity contribution in [2.45, 2.75) is 36.8 Å². The third-order valence-electron chi connectivity index (χ3n) is 2.38. The molecule has 1 rings (SSSR count). The highest BCUT2D eigenvalue weighted by atomic mass is 16.5. The van der Waals surface area contributed by atoms with Crippen LogP contribution in [0.25, 0.3) is 0 Å². The Balaban J connectivity index is 2.65. The Bertz CT molecular complexity index is 156. The zero-order valence-electron chi connectivity index (χ0n) is 7.05. The van der Waals surface area contributed by atoms with Gasteiger partial charge in [0.2, 0.25) is 0 Å². The van der Waals surface area contributed by atoms with E-state index in [0.29, 0.717) is 6.42 Å². The predicted octanol–water partition coefficient (Wildman–Crippen LogP) is -2.22. The quantitative estimate of drug-likeness (QED) is 0.362. The average molecular weight is 176 g/mol. The molecule has 0 spiro atoms. The van der Waals surface area contributed by atoms with Crippen LogP contribution in [0.15, 0.2) is 0 Å². The van der Waals surface area contributed by atoms with E-state index in [1.54, 1.807) is 0 Å². The average Bonchev–Trinajstić information content (AvgIpc) is 2.01. The number of aliphatic hydroxyl groups excluding tert-OH is 2. The number of nitrogens with two attached hydrogens (primary N) is 2. The van der Waals surface area contributed by atoms with E-state index in [1.807, 2.05) is 0 Å². The first-order chi connectivity index (χ1) is 5.57. The Hall–Kier alpha value is -0.200. The summed E-state index contributed by atoms with van der Waals surface area (Å²) < 4.78 is 4.97. The lowest BCUT2D eigenvalue weighted by atomic mass is 9.85. The molecule has 0 bridgehead atoms. The summed E-state index contributed by atoms with van der Waals surface area (Å²) in [6.45, 7) is 0. The van der Waals surface area contributed by atoms with Crippen LogP contribution in [0.1, 0.15) is 6.42 Å². The molecular formula is C7H16N2O3. The van der Waals surface area contributed by atoms with Crippen LogP contribution >= 0.6 is 0 Å². The molecule has 0 amide bonds. The van der Waals surface area contributed by atoms with Gasteiger partial charge in [-0.15, -0.1) is 0 Å². The van der Waals surface area contributed by atoms with Crippen LogP contribution < -0.4 is 11.5 Å². The molecule has 1 fully saturated rings. The molecule has 1 saturated carbocycles. The maximum Gasteiger partial charge on any atom is 0.0997 e. The number of aliphatic hydroxyl groups is 2. The van der Waals surface area contributed by atoms with Crippen molar-refractivity contribution >= 4 is 0 Å². The van der Waals surface area contributed by atoms with E-state index in [9.17, 15) is 10.2 Å². The maximum atomic E-state index is 9.49. The highest BCUT2D eigenvalue weighted by molar-refractivity contribution is 4.97. The normalized spacial score (nSPS) is 49.2. The van der Waals surface area contributed by atoms with Crippen molar-refractivity contribution in [3.8, 4) is 0 Å². The second-order valence-corrected chi connectivity index (χ2v) is 3.24. The van der Waals surface area contributed by atoms with E-state index < -0.39 is 24.4 Å². The second kappa shape index (κ2) is 3.68. The topological polar surface area (TPSA) is 102 Å². The molecule has 5 atom stereocenters. The number of hydrogen-bond acceptors (Lipinski definition) is 5. The first-order valence-corrected chi connectivity index (χ1v) is 3.98. The van der Waals surface area contributed by atoms with Crippen molar-refractivity contribution in [2.75, 3.05) is 7.11 Å². The highest BCUT2D eigenvalue weighted by Crippen LogP contribution is 2.19. The fraction of sp³-hybridized carbons (Fsp3) is 1.00. The molecule has 6 N–H and O–H groups in total. The van der Waals surface area contributed by atoms with E-state index in [2.05, 4.69) is 0 Å². The van der Waals surface area contributed by atoms with Crippen LogP contribution in [0.2, 0.25) is 0 Å². The minimum atomic E-state index is -0.881. The predicted molar refractivity (Wildman–Crippen MR) is 43.4 cm³/mol. The molecule has 0 aliphatic heterocycles. The summed E-state index contributed by atoms with van der Waals surface area (Å²) in [5.74, 6) is 0. The summed E-state index contributed by atoms with van der Waals surface area (Å²) in [5.41, 5.74) is 11.1. The van der Waals surface area contributed by atoms with Gasteiger partial charge in [-0.3, -0.25) is 0 Å². The van der Waals surface area contributed by atoms with Crippen molar-refractivity contribution in [1.29, 1.82) is 0 Å². The molecule has 1 aliphatic carbocycles. The molecule has 72 valence electrons. The van der Waals surface area contributed by atoms with Gasteiger partial charge in [0, 0.05) is 13.2 Å². The van der Waals surface area contributed by atoms with Crippen LogP contribution in [0, 0.1) is 0 Å². The van der Waals surface area contributed by atoms with Crippen LogP contribution in [-0.4, -0.2) is 47.7 Å². The molecule has 0 heterocycles. The van der Waals surface area contributed by atoms with Gasteiger partial charge < -0.3 is 26.4 Å². The van der Waals surface area contributed by atoms with E-state index in [0.717, 1.165) is 0 Å². The molecule has 0 aromatic rings. The van der Waals surface area contributed by atoms with Crippen LogP contribution in [0.3, 0.4) is 0 Å². The minimum absolute atomic E-state index is 0.347. The summed E-state index contributed by atoms with van der Waals surface area (Å²) in [6.07, 6.45) is -1.71. The molecule has 5 heteroatoms. The van der Waals surface area contributed by atoms with Crippen molar-refractivity contribution in [2.24, 2.45) is 11.5 Å². The van der Waals surface area contributed by atoms with Gasteiger partial charge in [0.05, 0.1) is 24.4 Å². The Morgan fingerprint density at radius 2 is 1.92 bits per heavy atom. The zero-order chi connectivity index (χ0) is 9.30. The number of hydrogen-bond donors (Lipinski definition) is 4. The second-order valence-electron chi connectivity index (χ2n) is 3.24. The van der Waals surface area contributed by atoms with Crippen LogP contribution in [0.5, 0.6) is 0 Å². The maximum absolute atomic E-state index is 9.49. The van der Waals surface area contributed by atoms with Gasteiger partial charge in [-0.2, -0.15) is 0 Å². The molecule has 0 aromatic carbocycles. The Morgan fingerprint density at radius 3 is 2.42 bits per heavy atom. The van der Waals surface area contributed by atoms with Crippen LogP contribution in [-0.2, 0) is 4.74 Å². The molecule has 0 radical (unpaired) electrons. The number of ether oxygens (including phenoxy) is 1. The zero-order valence-corrected chi connectivity index (χ0v) is 7.05. The standard InChI is InChI=1S/C7H16N2O3/c1-12-7-3(8)2-4(10)5(9)6(7)11/h3-7,10-11H,2,8-9H2,1H3/t3-,4+,5-,6+,7+/m1/s1. The third-order valence-corrected chi connectivity index (χ3v) is 2.38. The van der Waals surface area contributed by atoms with E-state index in [-0.39, 0.29) is 6.04 Å². The minimum Gasteiger partial charge on any atom is -0.391 e. The van der Waals surface area contributed by atoms with Crippen LogP contribution in [0.4, 0.5) is 0 Å². The van der Waals surface area contributed by atoms with Crippen molar-refractivity contribution in [1.82, 2.24) is 0 Å². The van der Waals surface area contributed by atoms with Gasteiger partial charge in [-0.25, -0.2) is 0 Å². The first-order valence-electron chi connectivity index (χ1n) is 3.98. The monoisotopic (exact) mass is 176 g/mol. The van der Waals surface area contributed by atoms with Gasteiger partial charge in [0.25, 0.3) is 0 Å². The first kappa shape index (κ1) is 9.88. The van der Waals surface area contributed by atoms with Gasteiger partial charge >= 0.3 is 0 Å². The van der Waals surface area contributed by atoms with Gasteiger partial charge in [0.1, 0.15) is 0 Å². The van der Waals surface area contributed by atoms with Crippen molar-refractivity contribution in [3.05, 3.63) is 0 Å². The van der Waals surface area contributed by atoms with Gasteiger partial charge in [-0.1, -0.05) is 0 Å². The summed E-state index contributed by atoms with van der Waals surface area (Å²) in [6, 6.07) is -1.01. The smallest absolute Gasteiger partial charge is 0.0997 e. The summed E-state index contributed by atoms with van der Waals surface area (Å²) in [7, 11) is 1.47. The van der Waals surface area contributed by atoms with E-state index in [4.69, 9.17) is 16.2 Å². The summed E-state index contributed by atoms with van der Waals surface area (Å²) in [4.78, 5) is 0. The van der Waals surface area contributed by atoms with Gasteiger partial charge in [-0.05, 0) is 6.42 Å². The summed E-state index contributed by atoms with van der Waals surface area (Å²) in [5, 5.41) is 18.8. The van der Waals surface area contributed by atoms with E-state index >= 15 is 0 Å². The molecule has 0 aromatic heterocycles. The molecule has 5 nitrogen and oxygen atoms in total. The SMILES string of the molecule is CO[C@@H]1[C@@H](O)[C@H](N)[C@@H](O)C[C@H]1N. The number of rotatable bonds is 1. The molecule has 1 aliphatic rings. The lowest BCUT2D eigenvalue weighted by molar-refractivity contribution is -0.0915. The van der Waals surface area contributed by atoms with Crippen molar-refractivity contribution < 1.29 is 14.9 Å². The largest absolute Gasteiger partial charge is 0.391 e. The fourth-order valence-corrected chi connectivity index (χ4v) is 1.58. The van der Waals surface area contributed by atoms with E-state index in [1.165, 1.54) is 7.11 Å².